The molecule has 1 saturated carbocycles. The minimum absolute atomic E-state index is 0.219. The second-order valence-electron chi connectivity index (χ2n) is 7.09. The minimum atomic E-state index is -0.225. The molecule has 26 heavy (non-hydrogen) atoms. The molecule has 0 unspecified atom stereocenters. The molecule has 0 bridgehead atoms. The summed E-state index contributed by atoms with van der Waals surface area (Å²) in [5.74, 6) is 1.04. The van der Waals surface area contributed by atoms with Crippen LogP contribution in [-0.2, 0) is 20.9 Å². The lowest BCUT2D eigenvalue weighted by Crippen LogP contribution is -2.41. The highest BCUT2D eigenvalue weighted by Gasteiger charge is 2.34. The van der Waals surface area contributed by atoms with E-state index >= 15 is 0 Å². The number of esters is 1. The summed E-state index contributed by atoms with van der Waals surface area (Å²) in [4.78, 5) is 25.5. The van der Waals surface area contributed by atoms with E-state index in [0.29, 0.717) is 25.0 Å². The first-order valence-electron chi connectivity index (χ1n) is 9.47. The fourth-order valence-corrected chi connectivity index (χ4v) is 3.78. The van der Waals surface area contributed by atoms with Crippen LogP contribution in [0, 0.1) is 11.8 Å². The first-order valence-corrected chi connectivity index (χ1v) is 9.47. The van der Waals surface area contributed by atoms with Crippen molar-refractivity contribution in [3.05, 3.63) is 47.5 Å². The third kappa shape index (κ3) is 4.87. The molecule has 0 N–H and O–H groups in total. The van der Waals surface area contributed by atoms with Gasteiger partial charge in [-0.05, 0) is 50.0 Å². The zero-order valence-electron chi connectivity index (χ0n) is 15.4. The summed E-state index contributed by atoms with van der Waals surface area (Å²) in [6.07, 6.45) is 5.43. The molecule has 140 valence electrons. The summed E-state index contributed by atoms with van der Waals surface area (Å²) in [6.45, 7) is 4.07. The standard InChI is InChI=1S/C21H27NO4/c1-2-25-20(23)14-17-12-19(13-17)18-8-10-22(11-9-18)21(24)26-15-16-6-4-3-5-7-16/h3-7,14,18-19H,2,8-13,15H2,1H3. The van der Waals surface area contributed by atoms with Gasteiger partial charge in [0.05, 0.1) is 6.61 Å². The van der Waals surface area contributed by atoms with Gasteiger partial charge in [-0.2, -0.15) is 0 Å². The summed E-state index contributed by atoms with van der Waals surface area (Å²) in [5.41, 5.74) is 2.20. The molecular formula is C21H27NO4. The molecule has 2 fully saturated rings. The number of carbonyl (C=O) groups is 2. The van der Waals surface area contributed by atoms with Gasteiger partial charge in [-0.25, -0.2) is 9.59 Å². The normalized spacial score (nSPS) is 20.3. The summed E-state index contributed by atoms with van der Waals surface area (Å²) >= 11 is 0. The molecule has 1 aliphatic carbocycles. The number of amides is 1. The Kier molecular flexibility index (Phi) is 6.31. The minimum Gasteiger partial charge on any atom is -0.463 e. The average molecular weight is 357 g/mol. The van der Waals surface area contributed by atoms with Crippen LogP contribution in [-0.4, -0.2) is 36.7 Å². The highest BCUT2D eigenvalue weighted by atomic mass is 16.6. The maximum absolute atomic E-state index is 12.2. The largest absolute Gasteiger partial charge is 0.463 e. The van der Waals surface area contributed by atoms with Gasteiger partial charge in [0.15, 0.2) is 0 Å². The monoisotopic (exact) mass is 357 g/mol. The van der Waals surface area contributed by atoms with E-state index in [1.165, 1.54) is 5.57 Å². The van der Waals surface area contributed by atoms with Crippen LogP contribution in [0.1, 0.15) is 38.2 Å². The van der Waals surface area contributed by atoms with Crippen LogP contribution in [0.2, 0.25) is 0 Å². The van der Waals surface area contributed by atoms with Crippen molar-refractivity contribution in [1.82, 2.24) is 4.90 Å². The van der Waals surface area contributed by atoms with Gasteiger partial charge in [-0.1, -0.05) is 35.9 Å². The Balaban J connectivity index is 1.37. The van der Waals surface area contributed by atoms with E-state index < -0.39 is 0 Å². The highest BCUT2D eigenvalue weighted by Crippen LogP contribution is 2.42. The Morgan fingerprint density at radius 1 is 1.08 bits per heavy atom. The molecule has 1 aliphatic heterocycles. The van der Waals surface area contributed by atoms with E-state index in [9.17, 15) is 9.59 Å². The number of carbonyl (C=O) groups excluding carboxylic acids is 2. The Hall–Kier alpha value is -2.30. The van der Waals surface area contributed by atoms with Crippen LogP contribution in [0.5, 0.6) is 0 Å². The molecule has 2 aliphatic rings. The van der Waals surface area contributed by atoms with Gasteiger partial charge < -0.3 is 14.4 Å². The Bertz CT molecular complexity index is 639. The molecule has 1 aromatic rings. The lowest BCUT2D eigenvalue weighted by atomic mass is 9.69. The van der Waals surface area contributed by atoms with Gasteiger partial charge in [-0.15, -0.1) is 0 Å². The first-order chi connectivity index (χ1) is 12.7. The summed E-state index contributed by atoms with van der Waals surface area (Å²) in [6, 6.07) is 9.74. The average Bonchev–Trinajstić information content (AvgIpc) is 2.64. The fraction of sp³-hybridized carbons (Fsp3) is 0.524. The Labute approximate surface area is 155 Å². The van der Waals surface area contributed by atoms with Crippen molar-refractivity contribution in [2.75, 3.05) is 19.7 Å². The quantitative estimate of drug-likeness (QED) is 0.592. The summed E-state index contributed by atoms with van der Waals surface area (Å²) in [7, 11) is 0. The highest BCUT2D eigenvalue weighted by molar-refractivity contribution is 5.83. The second kappa shape index (κ2) is 8.88. The second-order valence-corrected chi connectivity index (χ2v) is 7.09. The molecule has 1 amide bonds. The number of likely N-dealkylation sites (tertiary alicyclic amines) is 1. The molecule has 5 heteroatoms. The zero-order chi connectivity index (χ0) is 18.4. The maximum atomic E-state index is 12.2. The van der Waals surface area contributed by atoms with Gasteiger partial charge in [0.25, 0.3) is 0 Å². The maximum Gasteiger partial charge on any atom is 0.410 e. The van der Waals surface area contributed by atoms with Crippen molar-refractivity contribution in [2.24, 2.45) is 11.8 Å². The van der Waals surface area contributed by atoms with E-state index in [-0.39, 0.29) is 12.1 Å². The van der Waals surface area contributed by atoms with E-state index in [2.05, 4.69) is 0 Å². The smallest absolute Gasteiger partial charge is 0.410 e. The van der Waals surface area contributed by atoms with Crippen LogP contribution in [0.15, 0.2) is 42.0 Å². The predicted octanol–water partition coefficient (Wildman–Crippen LogP) is 3.93. The number of benzene rings is 1. The number of hydrogen-bond donors (Lipinski definition) is 0. The number of nitrogens with zero attached hydrogens (tertiary/aromatic N) is 1. The van der Waals surface area contributed by atoms with Gasteiger partial charge in [0.2, 0.25) is 0 Å². The molecule has 1 heterocycles. The summed E-state index contributed by atoms with van der Waals surface area (Å²) in [5, 5.41) is 0. The van der Waals surface area contributed by atoms with Crippen LogP contribution >= 0.6 is 0 Å². The van der Waals surface area contributed by atoms with Crippen molar-refractivity contribution in [3.8, 4) is 0 Å². The number of ether oxygens (including phenoxy) is 2. The van der Waals surface area contributed by atoms with Crippen LogP contribution in [0.4, 0.5) is 4.79 Å². The van der Waals surface area contributed by atoms with Gasteiger partial charge in [0, 0.05) is 19.2 Å². The number of allylic oxidation sites excluding steroid dienone is 1. The van der Waals surface area contributed by atoms with E-state index in [4.69, 9.17) is 9.47 Å². The van der Waals surface area contributed by atoms with E-state index in [0.717, 1.165) is 44.3 Å². The number of hydrogen-bond acceptors (Lipinski definition) is 4. The molecule has 0 radical (unpaired) electrons. The predicted molar refractivity (Wildman–Crippen MR) is 98.4 cm³/mol. The molecular weight excluding hydrogens is 330 g/mol. The van der Waals surface area contributed by atoms with Crippen LogP contribution < -0.4 is 0 Å². The fourth-order valence-electron chi connectivity index (χ4n) is 3.78. The molecule has 5 nitrogen and oxygen atoms in total. The Morgan fingerprint density at radius 2 is 1.77 bits per heavy atom. The van der Waals surface area contributed by atoms with Crippen LogP contribution in [0.25, 0.3) is 0 Å². The molecule has 3 rings (SSSR count). The first kappa shape index (κ1) is 18.5. The van der Waals surface area contributed by atoms with Gasteiger partial charge in [0.1, 0.15) is 6.61 Å². The molecule has 0 aromatic heterocycles. The van der Waals surface area contributed by atoms with Crippen molar-refractivity contribution < 1.29 is 19.1 Å². The SMILES string of the molecule is CCOC(=O)C=C1CC(C2CCN(C(=O)OCc3ccccc3)CC2)C1. The van der Waals surface area contributed by atoms with Crippen molar-refractivity contribution >= 4 is 12.1 Å². The topological polar surface area (TPSA) is 55.8 Å². The summed E-state index contributed by atoms with van der Waals surface area (Å²) < 4.78 is 10.4. The lowest BCUT2D eigenvalue weighted by Gasteiger charge is -2.40. The number of rotatable bonds is 5. The molecule has 1 saturated heterocycles. The number of piperidine rings is 1. The van der Waals surface area contributed by atoms with E-state index in [1.807, 2.05) is 42.2 Å². The third-order valence-electron chi connectivity index (χ3n) is 5.33. The molecule has 0 spiro atoms. The zero-order valence-corrected chi connectivity index (χ0v) is 15.4. The Morgan fingerprint density at radius 3 is 2.42 bits per heavy atom. The van der Waals surface area contributed by atoms with Gasteiger partial charge in [-0.3, -0.25) is 0 Å². The molecule has 1 aromatic carbocycles. The molecule has 0 atom stereocenters. The van der Waals surface area contributed by atoms with Crippen LogP contribution in [0.3, 0.4) is 0 Å². The lowest BCUT2D eigenvalue weighted by molar-refractivity contribution is -0.137. The van der Waals surface area contributed by atoms with Crippen molar-refractivity contribution in [2.45, 2.75) is 39.2 Å². The van der Waals surface area contributed by atoms with Gasteiger partial charge >= 0.3 is 12.1 Å². The third-order valence-corrected chi connectivity index (χ3v) is 5.33. The van der Waals surface area contributed by atoms with Crippen molar-refractivity contribution in [1.29, 1.82) is 0 Å². The van der Waals surface area contributed by atoms with Crippen molar-refractivity contribution in [3.63, 3.8) is 0 Å². The van der Waals surface area contributed by atoms with E-state index in [1.54, 1.807) is 6.08 Å².